The van der Waals surface area contributed by atoms with Crippen molar-refractivity contribution in [3.63, 3.8) is 0 Å². The number of hydrogen-bond acceptors (Lipinski definition) is 4. The van der Waals surface area contributed by atoms with E-state index >= 15 is 0 Å². The highest BCUT2D eigenvalue weighted by molar-refractivity contribution is 8.00. The first-order valence-electron chi connectivity index (χ1n) is 9.92. The van der Waals surface area contributed by atoms with Gasteiger partial charge in [-0.25, -0.2) is 0 Å². The number of thioether (sulfide) groups is 1. The highest BCUT2D eigenvalue weighted by atomic mass is 35.5. The second-order valence-electron chi connectivity index (χ2n) is 7.92. The van der Waals surface area contributed by atoms with Crippen LogP contribution in [0, 0.1) is 6.92 Å². The van der Waals surface area contributed by atoms with Crippen molar-refractivity contribution < 1.29 is 32.2 Å². The quantitative estimate of drug-likeness (QED) is 0.346. The number of carbonyl (C=O) groups is 1. The molecule has 4 nitrogen and oxygen atoms in total. The van der Waals surface area contributed by atoms with Crippen LogP contribution >= 0.6 is 23.4 Å². The Hall–Kier alpha value is -2.58. The Morgan fingerprint density at radius 1 is 1.12 bits per heavy atom. The Kier molecular flexibility index (Phi) is 7.39. The molecule has 0 radical (unpaired) electrons. The maximum atomic E-state index is 12.8. The van der Waals surface area contributed by atoms with Gasteiger partial charge in [0, 0.05) is 16.9 Å². The summed E-state index contributed by atoms with van der Waals surface area (Å²) in [5, 5.41) is 9.67. The predicted octanol–water partition coefficient (Wildman–Crippen LogP) is 7.60. The highest BCUT2D eigenvalue weighted by Gasteiger charge is 2.30. The summed E-state index contributed by atoms with van der Waals surface area (Å²) in [5.41, 5.74) is 1.39. The summed E-state index contributed by atoms with van der Waals surface area (Å²) < 4.78 is 49.0. The van der Waals surface area contributed by atoms with Crippen LogP contribution in [-0.2, 0) is 23.3 Å². The molecule has 0 aliphatic carbocycles. The topological polar surface area (TPSA) is 59.7 Å². The normalized spacial score (nSPS) is 12.1. The van der Waals surface area contributed by atoms with Crippen LogP contribution in [0.3, 0.4) is 0 Å². The Balaban J connectivity index is 1.70. The zero-order valence-electron chi connectivity index (χ0n) is 18.1. The Morgan fingerprint density at radius 3 is 2.39 bits per heavy atom. The molecule has 1 aromatic heterocycles. The van der Waals surface area contributed by atoms with Gasteiger partial charge in [-0.3, -0.25) is 4.79 Å². The third kappa shape index (κ3) is 6.26. The standard InChI is InChI=1S/C24H22ClF3O4S/c1-14-17(11-20(32-14)16-5-7-18(8-6-16)24(26,27)28)12-31-21-10-15(4-9-19(21)25)13-33-23(2,3)22(29)30/h4-11H,12-13H2,1-3H3,(H,29,30). The lowest BCUT2D eigenvalue weighted by atomic mass is 10.1. The zero-order valence-corrected chi connectivity index (χ0v) is 19.7. The van der Waals surface area contributed by atoms with Crippen molar-refractivity contribution in [2.45, 2.75) is 44.1 Å². The van der Waals surface area contributed by atoms with Gasteiger partial charge in [-0.1, -0.05) is 29.8 Å². The van der Waals surface area contributed by atoms with E-state index in [1.165, 1.54) is 23.9 Å². The largest absolute Gasteiger partial charge is 0.487 e. The van der Waals surface area contributed by atoms with Gasteiger partial charge in [0.1, 0.15) is 28.6 Å². The fourth-order valence-corrected chi connectivity index (χ4v) is 3.86. The number of ether oxygens (including phenoxy) is 1. The molecule has 0 amide bonds. The highest BCUT2D eigenvalue weighted by Crippen LogP contribution is 2.34. The molecule has 0 aliphatic heterocycles. The van der Waals surface area contributed by atoms with Crippen molar-refractivity contribution >= 4 is 29.3 Å². The molecule has 2 aromatic carbocycles. The van der Waals surface area contributed by atoms with Gasteiger partial charge in [0.05, 0.1) is 10.6 Å². The van der Waals surface area contributed by atoms with Gasteiger partial charge < -0.3 is 14.3 Å². The predicted molar refractivity (Wildman–Crippen MR) is 123 cm³/mol. The van der Waals surface area contributed by atoms with Gasteiger partial charge in [-0.05, 0) is 56.7 Å². The molecule has 1 heterocycles. The first-order valence-corrected chi connectivity index (χ1v) is 11.3. The summed E-state index contributed by atoms with van der Waals surface area (Å²) in [6, 6.07) is 11.7. The Labute approximate surface area is 198 Å². The smallest absolute Gasteiger partial charge is 0.416 e. The number of aryl methyl sites for hydroxylation is 1. The van der Waals surface area contributed by atoms with E-state index in [-0.39, 0.29) is 6.61 Å². The van der Waals surface area contributed by atoms with E-state index in [9.17, 15) is 23.1 Å². The van der Waals surface area contributed by atoms with Crippen molar-refractivity contribution in [2.24, 2.45) is 0 Å². The van der Waals surface area contributed by atoms with Gasteiger partial charge in [-0.15, -0.1) is 11.8 Å². The van der Waals surface area contributed by atoms with Crippen molar-refractivity contribution in [1.29, 1.82) is 0 Å². The molecular weight excluding hydrogens is 477 g/mol. The Bertz CT molecular complexity index is 1140. The molecule has 0 atom stereocenters. The third-order valence-corrected chi connectivity index (χ3v) is 6.70. The van der Waals surface area contributed by atoms with Crippen molar-refractivity contribution in [2.75, 3.05) is 0 Å². The number of rotatable bonds is 8. The number of furan rings is 1. The first kappa shape index (κ1) is 25.1. The van der Waals surface area contributed by atoms with Crippen LogP contribution in [0.15, 0.2) is 52.9 Å². The monoisotopic (exact) mass is 498 g/mol. The maximum absolute atomic E-state index is 12.8. The third-order valence-electron chi connectivity index (χ3n) is 5.01. The molecule has 33 heavy (non-hydrogen) atoms. The number of carboxylic acid groups (broad SMARTS) is 1. The SMILES string of the molecule is Cc1oc(-c2ccc(C(F)(F)F)cc2)cc1COc1cc(CSC(C)(C)C(=O)O)ccc1Cl. The minimum Gasteiger partial charge on any atom is -0.487 e. The number of hydrogen-bond donors (Lipinski definition) is 1. The van der Waals surface area contributed by atoms with E-state index in [4.69, 9.17) is 20.8 Å². The van der Waals surface area contributed by atoms with Gasteiger partial charge in [0.25, 0.3) is 0 Å². The minimum absolute atomic E-state index is 0.146. The van der Waals surface area contributed by atoms with Gasteiger partial charge in [0.15, 0.2) is 0 Å². The summed E-state index contributed by atoms with van der Waals surface area (Å²) in [5.74, 6) is 1.04. The zero-order chi connectivity index (χ0) is 24.4. The van der Waals surface area contributed by atoms with E-state index in [1.807, 2.05) is 6.07 Å². The molecule has 3 aromatic rings. The molecule has 0 fully saturated rings. The molecule has 0 spiro atoms. The number of alkyl halides is 3. The summed E-state index contributed by atoms with van der Waals surface area (Å²) in [6.07, 6.45) is -4.40. The second-order valence-corrected chi connectivity index (χ2v) is 9.93. The van der Waals surface area contributed by atoms with E-state index in [0.717, 1.165) is 23.3 Å². The lowest BCUT2D eigenvalue weighted by molar-refractivity contribution is -0.139. The van der Waals surface area contributed by atoms with Crippen molar-refractivity contribution in [1.82, 2.24) is 0 Å². The van der Waals surface area contributed by atoms with E-state index in [1.54, 1.807) is 39.0 Å². The van der Waals surface area contributed by atoms with Crippen LogP contribution in [0.1, 0.15) is 36.3 Å². The van der Waals surface area contributed by atoms with Gasteiger partial charge in [0.2, 0.25) is 0 Å². The maximum Gasteiger partial charge on any atom is 0.416 e. The van der Waals surface area contributed by atoms with Crippen LogP contribution in [0.4, 0.5) is 13.2 Å². The number of carboxylic acids is 1. The number of halogens is 4. The average Bonchev–Trinajstić information content (AvgIpc) is 3.12. The van der Waals surface area contributed by atoms with Crippen LogP contribution in [0.5, 0.6) is 5.75 Å². The van der Waals surface area contributed by atoms with Crippen LogP contribution in [0.25, 0.3) is 11.3 Å². The van der Waals surface area contributed by atoms with E-state index in [0.29, 0.717) is 33.6 Å². The summed E-state index contributed by atoms with van der Waals surface area (Å²) in [4.78, 5) is 11.3. The molecule has 0 saturated carbocycles. The first-order chi connectivity index (χ1) is 15.4. The van der Waals surface area contributed by atoms with E-state index in [2.05, 4.69) is 0 Å². The number of benzene rings is 2. The molecule has 1 N–H and O–H groups in total. The fourth-order valence-electron chi connectivity index (χ4n) is 2.86. The van der Waals surface area contributed by atoms with Gasteiger partial charge >= 0.3 is 12.1 Å². The van der Waals surface area contributed by atoms with Crippen molar-refractivity contribution in [3.05, 3.63) is 76.0 Å². The molecule has 3 rings (SSSR count). The van der Waals surface area contributed by atoms with Crippen LogP contribution < -0.4 is 4.74 Å². The fraction of sp³-hybridized carbons (Fsp3) is 0.292. The second kappa shape index (κ2) is 9.73. The average molecular weight is 499 g/mol. The molecule has 9 heteroatoms. The number of aliphatic carboxylic acids is 1. The van der Waals surface area contributed by atoms with Crippen LogP contribution in [0.2, 0.25) is 5.02 Å². The summed E-state index contributed by atoms with van der Waals surface area (Å²) in [7, 11) is 0. The minimum atomic E-state index is -4.40. The lowest BCUT2D eigenvalue weighted by Crippen LogP contribution is -2.27. The molecular formula is C24H22ClF3O4S. The van der Waals surface area contributed by atoms with E-state index < -0.39 is 22.5 Å². The molecule has 0 saturated heterocycles. The van der Waals surface area contributed by atoms with Gasteiger partial charge in [-0.2, -0.15) is 13.2 Å². The van der Waals surface area contributed by atoms with Crippen molar-refractivity contribution in [3.8, 4) is 17.1 Å². The summed E-state index contributed by atoms with van der Waals surface area (Å²) >= 11 is 7.55. The molecule has 0 unspecified atom stereocenters. The Morgan fingerprint density at radius 2 is 1.79 bits per heavy atom. The lowest BCUT2D eigenvalue weighted by Gasteiger charge is -2.18. The van der Waals surface area contributed by atoms with Crippen LogP contribution in [-0.4, -0.2) is 15.8 Å². The summed E-state index contributed by atoms with van der Waals surface area (Å²) in [6.45, 7) is 5.17. The molecule has 0 bridgehead atoms. The molecule has 176 valence electrons. The molecule has 0 aliphatic rings.